The summed E-state index contributed by atoms with van der Waals surface area (Å²) < 4.78 is 0. The van der Waals surface area contributed by atoms with E-state index < -0.39 is 0 Å². The summed E-state index contributed by atoms with van der Waals surface area (Å²) in [5.41, 5.74) is 1.79. The third kappa shape index (κ3) is 3.03. The van der Waals surface area contributed by atoms with Gasteiger partial charge in [0.05, 0.1) is 0 Å². The van der Waals surface area contributed by atoms with Crippen LogP contribution in [0.1, 0.15) is 31.2 Å². The summed E-state index contributed by atoms with van der Waals surface area (Å²) in [5, 5.41) is 0. The van der Waals surface area contributed by atoms with Crippen molar-refractivity contribution in [1.82, 2.24) is 4.90 Å². The fraction of sp³-hybridized carbons (Fsp3) is 0.588. The lowest BCUT2D eigenvalue weighted by molar-refractivity contribution is -0.131. The maximum atomic E-state index is 12.2. The Labute approximate surface area is 125 Å². The zero-order valence-corrected chi connectivity index (χ0v) is 13.2. The van der Waals surface area contributed by atoms with Crippen LogP contribution in [-0.2, 0) is 4.79 Å². The Morgan fingerprint density at radius 2 is 2.05 bits per heavy atom. The van der Waals surface area contributed by atoms with E-state index in [0.717, 1.165) is 25.1 Å². The lowest BCUT2D eigenvalue weighted by atomic mass is 10.2. The van der Waals surface area contributed by atoms with Crippen molar-refractivity contribution in [2.75, 3.05) is 19.3 Å². The van der Waals surface area contributed by atoms with Gasteiger partial charge in [-0.25, -0.2) is 0 Å². The summed E-state index contributed by atoms with van der Waals surface area (Å²) in [7, 11) is 1.97. The van der Waals surface area contributed by atoms with Crippen LogP contribution in [0.5, 0.6) is 0 Å². The molecular formula is C17H23NOS. The van der Waals surface area contributed by atoms with Crippen molar-refractivity contribution in [3.8, 4) is 0 Å². The molecule has 20 heavy (non-hydrogen) atoms. The van der Waals surface area contributed by atoms with E-state index in [9.17, 15) is 4.79 Å². The molecule has 0 N–H and O–H groups in total. The quantitative estimate of drug-likeness (QED) is 0.587. The minimum atomic E-state index is 0.372. The highest BCUT2D eigenvalue weighted by molar-refractivity contribution is 7.99. The van der Waals surface area contributed by atoms with Crippen LogP contribution in [0.4, 0.5) is 0 Å². The summed E-state index contributed by atoms with van der Waals surface area (Å²) in [6.45, 7) is 3.00. The summed E-state index contributed by atoms with van der Waals surface area (Å²) in [5.74, 6) is 1.84. The molecule has 2 fully saturated rings. The van der Waals surface area contributed by atoms with Crippen molar-refractivity contribution < 1.29 is 4.79 Å². The minimum absolute atomic E-state index is 0.372. The zero-order valence-electron chi connectivity index (χ0n) is 12.4. The highest BCUT2D eigenvalue weighted by atomic mass is 32.2. The predicted molar refractivity (Wildman–Crippen MR) is 83.9 cm³/mol. The number of aryl methyl sites for hydroxylation is 1. The van der Waals surface area contributed by atoms with E-state index in [-0.39, 0.29) is 0 Å². The van der Waals surface area contributed by atoms with Crippen molar-refractivity contribution in [3.63, 3.8) is 0 Å². The molecule has 0 radical (unpaired) electrons. The molecule has 2 aliphatic rings. The van der Waals surface area contributed by atoms with Gasteiger partial charge >= 0.3 is 0 Å². The summed E-state index contributed by atoms with van der Waals surface area (Å²) in [6, 6.07) is 8.66. The molecule has 1 aromatic carbocycles. The Morgan fingerprint density at radius 3 is 2.65 bits per heavy atom. The molecular weight excluding hydrogens is 266 g/mol. The van der Waals surface area contributed by atoms with Crippen LogP contribution in [0, 0.1) is 18.3 Å². The molecule has 1 atom stereocenters. The van der Waals surface area contributed by atoms with Gasteiger partial charge < -0.3 is 4.90 Å². The molecule has 1 aromatic rings. The molecule has 2 nitrogen and oxygen atoms in total. The number of amides is 1. The van der Waals surface area contributed by atoms with Gasteiger partial charge in [-0.05, 0) is 55.9 Å². The van der Waals surface area contributed by atoms with Gasteiger partial charge in [0.15, 0.2) is 0 Å². The molecule has 0 aliphatic heterocycles. The standard InChI is InChI=1S/C17H23NOS/c1-13-4-6-14(7-5-13)20-11-3-10-18(2)16(19)15-12-17(15)8-9-17/h4-7,15H,3,8-12H2,1-2H3/t15-/m1/s1. The first-order valence-electron chi connectivity index (χ1n) is 7.55. The highest BCUT2D eigenvalue weighted by Crippen LogP contribution is 2.70. The average Bonchev–Trinajstić information content (AvgIpc) is 3.36. The number of nitrogens with zero attached hydrogens (tertiary/aromatic N) is 1. The second-order valence-electron chi connectivity index (χ2n) is 6.39. The van der Waals surface area contributed by atoms with E-state index in [2.05, 4.69) is 31.2 Å². The SMILES string of the molecule is Cc1ccc(SCCCN(C)C(=O)[C@H]2CC23CC3)cc1. The van der Waals surface area contributed by atoms with E-state index in [1.54, 1.807) is 0 Å². The minimum Gasteiger partial charge on any atom is -0.345 e. The first-order chi connectivity index (χ1) is 9.61. The molecule has 0 heterocycles. The van der Waals surface area contributed by atoms with E-state index in [0.29, 0.717) is 17.2 Å². The zero-order chi connectivity index (χ0) is 14.2. The molecule has 1 amide bonds. The van der Waals surface area contributed by atoms with Crippen LogP contribution in [-0.4, -0.2) is 30.2 Å². The summed E-state index contributed by atoms with van der Waals surface area (Å²) >= 11 is 1.88. The topological polar surface area (TPSA) is 20.3 Å². The van der Waals surface area contributed by atoms with E-state index >= 15 is 0 Å². The lowest BCUT2D eigenvalue weighted by Crippen LogP contribution is -2.30. The van der Waals surface area contributed by atoms with Gasteiger partial charge in [-0.3, -0.25) is 4.79 Å². The Balaban J connectivity index is 1.35. The van der Waals surface area contributed by atoms with Gasteiger partial charge in [-0.2, -0.15) is 0 Å². The Hall–Kier alpha value is -0.960. The van der Waals surface area contributed by atoms with Crippen LogP contribution in [0.25, 0.3) is 0 Å². The van der Waals surface area contributed by atoms with Gasteiger partial charge in [-0.15, -0.1) is 11.8 Å². The second kappa shape index (κ2) is 5.44. The largest absolute Gasteiger partial charge is 0.345 e. The Kier molecular flexibility index (Phi) is 3.80. The van der Waals surface area contributed by atoms with Gasteiger partial charge in [0.1, 0.15) is 0 Å². The van der Waals surface area contributed by atoms with Crippen molar-refractivity contribution in [3.05, 3.63) is 29.8 Å². The number of hydrogen-bond donors (Lipinski definition) is 0. The molecule has 1 spiro atoms. The molecule has 108 valence electrons. The molecule has 0 unspecified atom stereocenters. The van der Waals surface area contributed by atoms with Gasteiger partial charge in [0.2, 0.25) is 5.91 Å². The van der Waals surface area contributed by atoms with E-state index in [1.807, 2.05) is 23.7 Å². The van der Waals surface area contributed by atoms with E-state index in [1.165, 1.54) is 23.3 Å². The molecule has 3 heteroatoms. The van der Waals surface area contributed by atoms with Crippen molar-refractivity contribution in [2.45, 2.75) is 37.5 Å². The fourth-order valence-corrected chi connectivity index (χ4v) is 3.75. The van der Waals surface area contributed by atoms with Crippen LogP contribution >= 0.6 is 11.8 Å². The van der Waals surface area contributed by atoms with Crippen molar-refractivity contribution in [1.29, 1.82) is 0 Å². The number of benzene rings is 1. The third-order valence-electron chi connectivity index (χ3n) is 4.68. The third-order valence-corrected chi connectivity index (χ3v) is 5.78. The molecule has 0 aromatic heterocycles. The van der Waals surface area contributed by atoms with Gasteiger partial charge in [0.25, 0.3) is 0 Å². The second-order valence-corrected chi connectivity index (χ2v) is 7.56. The number of carbonyl (C=O) groups is 1. The summed E-state index contributed by atoms with van der Waals surface area (Å²) in [4.78, 5) is 15.5. The molecule has 0 saturated heterocycles. The van der Waals surface area contributed by atoms with E-state index in [4.69, 9.17) is 0 Å². The average molecular weight is 289 g/mol. The van der Waals surface area contributed by atoms with Crippen molar-refractivity contribution >= 4 is 17.7 Å². The Morgan fingerprint density at radius 1 is 1.35 bits per heavy atom. The maximum absolute atomic E-state index is 12.2. The molecule has 2 saturated carbocycles. The molecule has 3 rings (SSSR count). The molecule has 2 aliphatic carbocycles. The first kappa shape index (κ1) is 14.0. The lowest BCUT2D eigenvalue weighted by Gasteiger charge is -2.17. The van der Waals surface area contributed by atoms with Crippen LogP contribution in [0.15, 0.2) is 29.2 Å². The summed E-state index contributed by atoms with van der Waals surface area (Å²) in [6.07, 6.45) is 4.82. The number of thioether (sulfide) groups is 1. The maximum Gasteiger partial charge on any atom is 0.226 e. The number of hydrogen-bond acceptors (Lipinski definition) is 2. The van der Waals surface area contributed by atoms with Gasteiger partial charge in [-0.1, -0.05) is 17.7 Å². The van der Waals surface area contributed by atoms with Crippen LogP contribution in [0.2, 0.25) is 0 Å². The first-order valence-corrected chi connectivity index (χ1v) is 8.54. The fourth-order valence-electron chi connectivity index (χ4n) is 2.91. The highest BCUT2D eigenvalue weighted by Gasteiger charge is 2.66. The number of carbonyl (C=O) groups excluding carboxylic acids is 1. The number of rotatable bonds is 6. The van der Waals surface area contributed by atoms with Crippen LogP contribution in [0.3, 0.4) is 0 Å². The van der Waals surface area contributed by atoms with Crippen molar-refractivity contribution in [2.24, 2.45) is 11.3 Å². The van der Waals surface area contributed by atoms with Crippen LogP contribution < -0.4 is 0 Å². The Bertz CT molecular complexity index is 492. The monoisotopic (exact) mass is 289 g/mol. The normalized spacial score (nSPS) is 21.8. The molecule has 0 bridgehead atoms. The van der Waals surface area contributed by atoms with Gasteiger partial charge in [0, 0.05) is 24.4 Å². The predicted octanol–water partition coefficient (Wildman–Crippen LogP) is 3.74. The smallest absolute Gasteiger partial charge is 0.226 e.